The Bertz CT molecular complexity index is 1190. The van der Waals surface area contributed by atoms with Gasteiger partial charge in [-0.2, -0.15) is 0 Å². The van der Waals surface area contributed by atoms with E-state index in [9.17, 15) is 13.6 Å². The van der Waals surface area contributed by atoms with Gasteiger partial charge < -0.3 is 4.74 Å². The Morgan fingerprint density at radius 1 is 1.10 bits per heavy atom. The first-order valence-corrected chi connectivity index (χ1v) is 10.4. The number of aromatic nitrogens is 1. The molecule has 1 aromatic heterocycles. The molecule has 0 radical (unpaired) electrons. The monoisotopic (exact) mass is 417 g/mol. The zero-order valence-electron chi connectivity index (χ0n) is 17.1. The quantitative estimate of drug-likeness (QED) is 0.501. The first-order valence-electron chi connectivity index (χ1n) is 10.4. The van der Waals surface area contributed by atoms with E-state index in [1.165, 1.54) is 6.07 Å². The summed E-state index contributed by atoms with van der Waals surface area (Å²) in [4.78, 5) is 16.8. The van der Waals surface area contributed by atoms with Gasteiger partial charge in [0.2, 0.25) is 0 Å². The lowest BCUT2D eigenvalue weighted by Gasteiger charge is -2.43. The van der Waals surface area contributed by atoms with Gasteiger partial charge in [-0.3, -0.25) is 9.78 Å². The molecule has 0 N–H and O–H groups in total. The van der Waals surface area contributed by atoms with Crippen molar-refractivity contribution in [2.24, 2.45) is 0 Å². The van der Waals surface area contributed by atoms with E-state index in [0.717, 1.165) is 59.4 Å². The van der Waals surface area contributed by atoms with Crippen LogP contribution in [0.5, 0.6) is 5.75 Å². The van der Waals surface area contributed by atoms with Gasteiger partial charge >= 0.3 is 0 Å². The summed E-state index contributed by atoms with van der Waals surface area (Å²) >= 11 is 0. The van der Waals surface area contributed by atoms with Crippen molar-refractivity contribution in [3.63, 3.8) is 0 Å². The van der Waals surface area contributed by atoms with E-state index < -0.39 is 23.0 Å². The summed E-state index contributed by atoms with van der Waals surface area (Å²) in [5.41, 5.74) is 3.83. The van der Waals surface area contributed by atoms with Crippen LogP contribution in [-0.2, 0) is 6.42 Å². The lowest BCUT2D eigenvalue weighted by molar-refractivity contribution is 0.0376. The van der Waals surface area contributed by atoms with Crippen molar-refractivity contribution < 1.29 is 18.3 Å². The molecule has 3 nitrogen and oxygen atoms in total. The van der Waals surface area contributed by atoms with Gasteiger partial charge in [0.15, 0.2) is 5.78 Å². The van der Waals surface area contributed by atoms with Gasteiger partial charge in [0.1, 0.15) is 23.0 Å². The fraction of sp³-hybridized carbons (Fsp3) is 0.231. The first-order chi connectivity index (χ1) is 14.9. The number of hydrogen-bond donors (Lipinski definition) is 0. The summed E-state index contributed by atoms with van der Waals surface area (Å²) in [6.07, 6.45) is 6.84. The number of fused-ring (bicyclic) bond motifs is 1. The summed E-state index contributed by atoms with van der Waals surface area (Å²) in [5, 5.41) is 0. The van der Waals surface area contributed by atoms with Crippen molar-refractivity contribution in [3.8, 4) is 5.75 Å². The highest BCUT2D eigenvalue weighted by Crippen LogP contribution is 2.47. The number of nitrogens with zero attached hydrogens (tertiary/aromatic N) is 1. The third-order valence-corrected chi connectivity index (χ3v) is 6.07. The highest BCUT2D eigenvalue weighted by molar-refractivity contribution is 5.97. The summed E-state index contributed by atoms with van der Waals surface area (Å²) in [6.45, 7) is 2.04. The van der Waals surface area contributed by atoms with Gasteiger partial charge in [-0.1, -0.05) is 24.3 Å². The molecule has 0 amide bonds. The van der Waals surface area contributed by atoms with Crippen molar-refractivity contribution in [1.82, 2.24) is 4.98 Å². The number of pyridine rings is 1. The van der Waals surface area contributed by atoms with Crippen LogP contribution in [0.15, 0.2) is 60.8 Å². The van der Waals surface area contributed by atoms with E-state index in [-0.39, 0.29) is 12.0 Å². The van der Waals surface area contributed by atoms with Gasteiger partial charge in [0.25, 0.3) is 0 Å². The van der Waals surface area contributed by atoms with Crippen molar-refractivity contribution in [3.05, 3.63) is 100 Å². The summed E-state index contributed by atoms with van der Waals surface area (Å²) < 4.78 is 34.1. The molecule has 0 saturated heterocycles. The molecule has 1 saturated carbocycles. The molecule has 0 unspecified atom stereocenters. The number of carbonyl (C=O) groups excluding carboxylic acids is 1. The molecule has 0 atom stereocenters. The maximum atomic E-state index is 13.9. The minimum absolute atomic E-state index is 0.167. The summed E-state index contributed by atoms with van der Waals surface area (Å²) in [6, 6.07) is 13.2. The van der Waals surface area contributed by atoms with Crippen molar-refractivity contribution in [2.75, 3.05) is 0 Å². The average Bonchev–Trinajstić information content (AvgIpc) is 2.72. The minimum atomic E-state index is -0.855. The van der Waals surface area contributed by atoms with E-state index >= 15 is 0 Å². The molecule has 1 fully saturated rings. The third-order valence-electron chi connectivity index (χ3n) is 6.07. The number of rotatable bonds is 4. The average molecular weight is 417 g/mol. The molecule has 2 aromatic carbocycles. The Kier molecular flexibility index (Phi) is 4.69. The number of aryl methyl sites for hydroxylation is 1. The van der Waals surface area contributed by atoms with Crippen molar-refractivity contribution in [1.29, 1.82) is 0 Å². The smallest absolute Gasteiger partial charge is 0.174 e. The number of ketones is 1. The highest BCUT2D eigenvalue weighted by Gasteiger charge is 2.41. The van der Waals surface area contributed by atoms with Crippen LogP contribution in [0.1, 0.15) is 52.0 Å². The van der Waals surface area contributed by atoms with Gasteiger partial charge in [-0.25, -0.2) is 8.78 Å². The zero-order valence-corrected chi connectivity index (χ0v) is 17.1. The number of ether oxygens (including phenoxy) is 1. The molecule has 156 valence electrons. The number of Topliss-reactive ketones (excluding diaryl/α,β-unsaturated/α-hetero) is 1. The molecule has 0 bridgehead atoms. The molecule has 5 heteroatoms. The molecule has 31 heavy (non-hydrogen) atoms. The van der Waals surface area contributed by atoms with E-state index in [2.05, 4.69) is 29.3 Å². The van der Waals surface area contributed by atoms with Crippen molar-refractivity contribution >= 4 is 11.4 Å². The molecule has 1 spiro atoms. The Hall–Kier alpha value is -3.34. The second-order valence-corrected chi connectivity index (χ2v) is 8.31. The fourth-order valence-corrected chi connectivity index (χ4v) is 4.24. The lowest BCUT2D eigenvalue weighted by Crippen LogP contribution is -2.43. The van der Waals surface area contributed by atoms with Crippen LogP contribution in [0.2, 0.25) is 0 Å². The lowest BCUT2D eigenvalue weighted by atomic mass is 9.75. The molecule has 1 aliphatic heterocycles. The zero-order chi connectivity index (χ0) is 21.6. The molecule has 1 aliphatic carbocycles. The van der Waals surface area contributed by atoms with Crippen LogP contribution in [0.4, 0.5) is 8.78 Å². The van der Waals surface area contributed by atoms with E-state index in [4.69, 9.17) is 4.74 Å². The fourth-order valence-electron chi connectivity index (χ4n) is 4.24. The predicted octanol–water partition coefficient (Wildman–Crippen LogP) is 5.84. The Balaban J connectivity index is 1.44. The van der Waals surface area contributed by atoms with E-state index in [0.29, 0.717) is 5.69 Å². The maximum absolute atomic E-state index is 13.9. The highest BCUT2D eigenvalue weighted by atomic mass is 19.1. The largest absolute Gasteiger partial charge is 0.483 e. The van der Waals surface area contributed by atoms with Crippen LogP contribution in [0.25, 0.3) is 5.57 Å². The minimum Gasteiger partial charge on any atom is -0.483 e. The van der Waals surface area contributed by atoms with Crippen LogP contribution in [-0.4, -0.2) is 16.4 Å². The predicted molar refractivity (Wildman–Crippen MR) is 114 cm³/mol. The summed E-state index contributed by atoms with van der Waals surface area (Å²) in [7, 11) is 0. The Morgan fingerprint density at radius 2 is 1.87 bits per heavy atom. The van der Waals surface area contributed by atoms with Crippen LogP contribution in [0.3, 0.4) is 0 Å². The van der Waals surface area contributed by atoms with Gasteiger partial charge in [-0.15, -0.1) is 0 Å². The van der Waals surface area contributed by atoms with E-state index in [1.54, 1.807) is 12.3 Å². The second kappa shape index (κ2) is 7.41. The first kappa shape index (κ1) is 19.6. The SMILES string of the molecule is Cc1ccc2c(c1)OC1(C=C2c2ccc(CC(=O)c3c(F)cccc3F)nc2)CCC1. The topological polar surface area (TPSA) is 39.2 Å². The Labute approximate surface area is 179 Å². The maximum Gasteiger partial charge on any atom is 0.174 e. The van der Waals surface area contributed by atoms with E-state index in [1.807, 2.05) is 13.0 Å². The second-order valence-electron chi connectivity index (χ2n) is 8.31. The standard InChI is InChI=1S/C26H21F2NO2/c1-16-6-9-19-20(14-26(10-3-11-26)31-24(19)12-16)17-7-8-18(29-15-17)13-23(30)25-21(27)4-2-5-22(25)28/h2,4-9,12,14-15H,3,10-11,13H2,1H3. The van der Waals surface area contributed by atoms with Gasteiger partial charge in [-0.05, 0) is 67.7 Å². The third kappa shape index (κ3) is 3.54. The number of halogens is 2. The molecular formula is C26H21F2NO2. The number of hydrogen-bond acceptors (Lipinski definition) is 3. The van der Waals surface area contributed by atoms with Crippen LogP contribution < -0.4 is 4.74 Å². The molecule has 3 aromatic rings. The summed E-state index contributed by atoms with van der Waals surface area (Å²) in [5.74, 6) is -1.46. The normalized spacial score (nSPS) is 16.2. The number of carbonyl (C=O) groups is 1. The van der Waals surface area contributed by atoms with Crippen LogP contribution in [0, 0.1) is 18.6 Å². The molecule has 2 aliphatic rings. The van der Waals surface area contributed by atoms with Crippen LogP contribution >= 0.6 is 0 Å². The molecular weight excluding hydrogens is 396 g/mol. The molecule has 2 heterocycles. The number of benzene rings is 2. The Morgan fingerprint density at radius 3 is 2.52 bits per heavy atom. The van der Waals surface area contributed by atoms with Gasteiger partial charge in [0.05, 0.1) is 12.0 Å². The van der Waals surface area contributed by atoms with Gasteiger partial charge in [0, 0.05) is 23.0 Å². The van der Waals surface area contributed by atoms with Crippen molar-refractivity contribution in [2.45, 2.75) is 38.2 Å². The molecule has 5 rings (SSSR count).